The number of aryl methyl sites for hydroxylation is 1. The number of thiophene rings is 1. The summed E-state index contributed by atoms with van der Waals surface area (Å²) in [6.45, 7) is 1.80. The zero-order valence-corrected chi connectivity index (χ0v) is 11.8. The fourth-order valence-corrected chi connectivity index (χ4v) is 3.55. The lowest BCUT2D eigenvalue weighted by Crippen LogP contribution is -1.96. The Balaban J connectivity index is 1.78. The molecular formula is C13H11NO3S2. The van der Waals surface area contributed by atoms with Gasteiger partial charge in [-0.25, -0.2) is 0 Å². The minimum Gasteiger partial charge on any atom is -0.468 e. The molecule has 0 aliphatic carbocycles. The third kappa shape index (κ3) is 2.54. The minimum atomic E-state index is -1.16. The van der Waals surface area contributed by atoms with Gasteiger partial charge in [0.2, 0.25) is 0 Å². The van der Waals surface area contributed by atoms with Crippen molar-refractivity contribution in [3.63, 3.8) is 0 Å². The highest BCUT2D eigenvalue weighted by Gasteiger charge is 2.14. The van der Waals surface area contributed by atoms with Crippen molar-refractivity contribution >= 4 is 22.1 Å². The second kappa shape index (κ2) is 5.14. The van der Waals surface area contributed by atoms with Crippen LogP contribution in [0, 0.1) is 6.92 Å². The third-order valence-corrected chi connectivity index (χ3v) is 5.01. The molecule has 3 aromatic heterocycles. The molecule has 0 bridgehead atoms. The lowest BCUT2D eigenvalue weighted by molar-refractivity contribution is 0.427. The molecule has 0 amide bonds. The normalized spacial score (nSPS) is 12.7. The topological polar surface area (TPSA) is 56.2 Å². The highest BCUT2D eigenvalue weighted by atomic mass is 32.2. The van der Waals surface area contributed by atoms with Crippen LogP contribution in [-0.2, 0) is 16.6 Å². The van der Waals surface area contributed by atoms with Gasteiger partial charge in [-0.05, 0) is 24.4 Å². The van der Waals surface area contributed by atoms with Crippen molar-refractivity contribution in [2.24, 2.45) is 0 Å². The molecule has 1 unspecified atom stereocenters. The Kier molecular flexibility index (Phi) is 3.35. The maximum atomic E-state index is 12.2. The van der Waals surface area contributed by atoms with Crippen LogP contribution in [0.25, 0.3) is 10.6 Å². The predicted molar refractivity (Wildman–Crippen MR) is 73.4 cm³/mol. The van der Waals surface area contributed by atoms with Gasteiger partial charge in [-0.1, -0.05) is 11.2 Å². The molecule has 3 heterocycles. The van der Waals surface area contributed by atoms with Gasteiger partial charge in [0, 0.05) is 6.07 Å². The first kappa shape index (κ1) is 12.4. The van der Waals surface area contributed by atoms with E-state index in [2.05, 4.69) is 5.16 Å². The molecule has 98 valence electrons. The largest absolute Gasteiger partial charge is 0.468 e. The number of hydrogen-bond donors (Lipinski definition) is 0. The molecule has 0 N–H and O–H groups in total. The highest BCUT2D eigenvalue weighted by molar-refractivity contribution is 7.84. The summed E-state index contributed by atoms with van der Waals surface area (Å²) in [6.07, 6.45) is 1.54. The van der Waals surface area contributed by atoms with E-state index in [1.807, 2.05) is 23.6 Å². The average molecular weight is 293 g/mol. The summed E-state index contributed by atoms with van der Waals surface area (Å²) in [5, 5.41) is 5.94. The van der Waals surface area contributed by atoms with Crippen LogP contribution >= 0.6 is 11.3 Å². The van der Waals surface area contributed by atoms with E-state index in [0.29, 0.717) is 27.9 Å². The Morgan fingerprint density at radius 2 is 2.32 bits per heavy atom. The van der Waals surface area contributed by atoms with Gasteiger partial charge in [-0.15, -0.1) is 11.3 Å². The van der Waals surface area contributed by atoms with Crippen LogP contribution in [0.15, 0.2) is 49.7 Å². The van der Waals surface area contributed by atoms with Crippen molar-refractivity contribution in [2.75, 3.05) is 0 Å². The number of rotatable bonds is 4. The second-order valence-electron chi connectivity index (χ2n) is 3.99. The monoisotopic (exact) mass is 293 g/mol. The predicted octanol–water partition coefficient (Wildman–Crippen LogP) is 3.61. The van der Waals surface area contributed by atoms with Gasteiger partial charge in [0.05, 0.1) is 38.3 Å². The summed E-state index contributed by atoms with van der Waals surface area (Å²) >= 11 is 1.58. The second-order valence-corrected chi connectivity index (χ2v) is 6.36. The van der Waals surface area contributed by atoms with E-state index in [4.69, 9.17) is 8.94 Å². The van der Waals surface area contributed by atoms with Crippen LogP contribution in [0.2, 0.25) is 0 Å². The van der Waals surface area contributed by atoms with E-state index in [1.54, 1.807) is 30.6 Å². The molecule has 0 fully saturated rings. The first-order chi connectivity index (χ1) is 9.24. The fourth-order valence-electron chi connectivity index (χ4n) is 1.74. The summed E-state index contributed by atoms with van der Waals surface area (Å²) in [5.41, 5.74) is 0.683. The summed E-state index contributed by atoms with van der Waals surface area (Å²) in [7, 11) is -1.16. The van der Waals surface area contributed by atoms with Gasteiger partial charge in [0.25, 0.3) is 0 Å². The van der Waals surface area contributed by atoms with Gasteiger partial charge in [-0.2, -0.15) is 0 Å². The summed E-state index contributed by atoms with van der Waals surface area (Å²) in [5.74, 6) is 1.72. The first-order valence-electron chi connectivity index (χ1n) is 5.66. The molecule has 0 saturated heterocycles. The average Bonchev–Trinajstić information content (AvgIpc) is 3.07. The summed E-state index contributed by atoms with van der Waals surface area (Å²) in [6, 6.07) is 7.48. The first-order valence-corrected chi connectivity index (χ1v) is 7.86. The van der Waals surface area contributed by atoms with E-state index in [-0.39, 0.29) is 0 Å². The molecule has 1 atom stereocenters. The van der Waals surface area contributed by atoms with Crippen molar-refractivity contribution in [1.82, 2.24) is 5.16 Å². The van der Waals surface area contributed by atoms with E-state index in [9.17, 15) is 4.21 Å². The van der Waals surface area contributed by atoms with Crippen molar-refractivity contribution in [3.8, 4) is 10.6 Å². The Hall–Kier alpha value is -1.66. The van der Waals surface area contributed by atoms with E-state index in [0.717, 1.165) is 4.88 Å². The molecule has 0 saturated carbocycles. The summed E-state index contributed by atoms with van der Waals surface area (Å²) < 4.78 is 22.6. The van der Waals surface area contributed by atoms with E-state index >= 15 is 0 Å². The van der Waals surface area contributed by atoms with Crippen LogP contribution in [0.4, 0.5) is 0 Å². The Labute approximate surface area is 116 Å². The minimum absolute atomic E-state index is 0.329. The molecular weight excluding hydrogens is 282 g/mol. The van der Waals surface area contributed by atoms with Gasteiger partial charge in [0.15, 0.2) is 5.76 Å². The van der Waals surface area contributed by atoms with Crippen LogP contribution < -0.4 is 0 Å². The lowest BCUT2D eigenvalue weighted by Gasteiger charge is -1.96. The fraction of sp³-hybridized carbons (Fsp3) is 0.154. The smallest absolute Gasteiger partial charge is 0.177 e. The van der Waals surface area contributed by atoms with Crippen LogP contribution in [0.1, 0.15) is 11.5 Å². The number of furan rings is 1. The lowest BCUT2D eigenvalue weighted by atomic mass is 10.3. The van der Waals surface area contributed by atoms with Crippen molar-refractivity contribution in [1.29, 1.82) is 0 Å². The number of aromatic nitrogens is 1. The SMILES string of the molecule is Cc1occc1S(=O)Cc1cc(-c2cccs2)on1. The molecule has 0 spiro atoms. The zero-order chi connectivity index (χ0) is 13.2. The van der Waals surface area contributed by atoms with Gasteiger partial charge in [0.1, 0.15) is 5.76 Å². The van der Waals surface area contributed by atoms with Crippen LogP contribution in [0.5, 0.6) is 0 Å². The molecule has 6 heteroatoms. The molecule has 0 aromatic carbocycles. The van der Waals surface area contributed by atoms with Gasteiger partial charge >= 0.3 is 0 Å². The van der Waals surface area contributed by atoms with E-state index < -0.39 is 10.8 Å². The van der Waals surface area contributed by atoms with Crippen molar-refractivity contribution in [3.05, 3.63) is 47.4 Å². The van der Waals surface area contributed by atoms with Gasteiger partial charge in [-0.3, -0.25) is 4.21 Å². The Bertz CT molecular complexity index is 697. The van der Waals surface area contributed by atoms with Crippen LogP contribution in [-0.4, -0.2) is 9.37 Å². The highest BCUT2D eigenvalue weighted by Crippen LogP contribution is 2.26. The van der Waals surface area contributed by atoms with Crippen LogP contribution in [0.3, 0.4) is 0 Å². The standard InChI is InChI=1S/C13H11NO3S2/c1-9-13(4-5-16-9)19(15)8-10-7-11(17-14-10)12-3-2-6-18-12/h2-7H,8H2,1H3. The maximum absolute atomic E-state index is 12.2. The molecule has 3 rings (SSSR count). The third-order valence-electron chi connectivity index (χ3n) is 2.66. The molecule has 0 aliphatic heterocycles. The zero-order valence-electron chi connectivity index (χ0n) is 10.2. The molecule has 0 radical (unpaired) electrons. The Morgan fingerprint density at radius 1 is 1.42 bits per heavy atom. The number of nitrogens with zero attached hydrogens (tertiary/aromatic N) is 1. The van der Waals surface area contributed by atoms with E-state index in [1.165, 1.54) is 0 Å². The number of hydrogen-bond acceptors (Lipinski definition) is 5. The quantitative estimate of drug-likeness (QED) is 0.737. The molecule has 4 nitrogen and oxygen atoms in total. The molecule has 0 aliphatic rings. The molecule has 19 heavy (non-hydrogen) atoms. The maximum Gasteiger partial charge on any atom is 0.177 e. The van der Waals surface area contributed by atoms with Crippen molar-refractivity contribution < 1.29 is 13.1 Å². The molecule has 3 aromatic rings. The Morgan fingerprint density at radius 3 is 3.00 bits per heavy atom. The van der Waals surface area contributed by atoms with Crippen molar-refractivity contribution in [2.45, 2.75) is 17.6 Å². The summed E-state index contributed by atoms with van der Waals surface area (Å²) in [4.78, 5) is 1.73. The van der Waals surface area contributed by atoms with Gasteiger partial charge < -0.3 is 8.94 Å².